The third-order valence-electron chi connectivity index (χ3n) is 5.67. The van der Waals surface area contributed by atoms with Crippen molar-refractivity contribution in [2.24, 2.45) is 5.10 Å². The van der Waals surface area contributed by atoms with E-state index in [9.17, 15) is 4.79 Å². The van der Waals surface area contributed by atoms with Gasteiger partial charge in [-0.25, -0.2) is 4.98 Å². The molecule has 0 saturated carbocycles. The molecular weight excluding hydrogens is 704 g/mol. The number of hydrogen-bond donors (Lipinski definition) is 0. The molecule has 1 aromatic heterocycles. The van der Waals surface area contributed by atoms with Crippen LogP contribution < -0.4 is 15.0 Å². The molecule has 0 aliphatic heterocycles. The molecule has 0 aliphatic rings. The van der Waals surface area contributed by atoms with Crippen molar-refractivity contribution in [3.63, 3.8) is 0 Å². The second-order valence-corrected chi connectivity index (χ2v) is 11.4. The molecule has 198 valence electrons. The highest BCUT2D eigenvalue weighted by Crippen LogP contribution is 2.35. The van der Waals surface area contributed by atoms with Gasteiger partial charge in [-0.15, -0.1) is 0 Å². The Morgan fingerprint density at radius 1 is 1.11 bits per heavy atom. The Morgan fingerprint density at radius 2 is 1.92 bits per heavy atom. The Balaban J connectivity index is 1.69. The van der Waals surface area contributed by atoms with E-state index in [1.165, 1.54) is 4.68 Å². The first-order chi connectivity index (χ1) is 18.3. The largest absolute Gasteiger partial charge is 0.490 e. The summed E-state index contributed by atoms with van der Waals surface area (Å²) in [6, 6.07) is 14.6. The van der Waals surface area contributed by atoms with Gasteiger partial charge in [0, 0.05) is 26.5 Å². The molecule has 0 fully saturated rings. The molecular formula is C28H25BrCl2IN3O3. The van der Waals surface area contributed by atoms with E-state index in [0.717, 1.165) is 32.0 Å². The summed E-state index contributed by atoms with van der Waals surface area (Å²) in [5, 5.41) is 6.18. The zero-order valence-electron chi connectivity index (χ0n) is 20.8. The van der Waals surface area contributed by atoms with E-state index in [-0.39, 0.29) is 12.2 Å². The maximum atomic E-state index is 13.4. The Hall–Kier alpha value is -2.14. The highest BCUT2D eigenvalue weighted by atomic mass is 127. The van der Waals surface area contributed by atoms with Crippen LogP contribution in [0.4, 0.5) is 0 Å². The lowest BCUT2D eigenvalue weighted by Crippen LogP contribution is -2.22. The quantitative estimate of drug-likeness (QED) is 0.122. The van der Waals surface area contributed by atoms with Gasteiger partial charge in [0.1, 0.15) is 12.4 Å². The summed E-state index contributed by atoms with van der Waals surface area (Å²) in [6.07, 6.45) is 4.18. The van der Waals surface area contributed by atoms with E-state index in [0.29, 0.717) is 51.3 Å². The van der Waals surface area contributed by atoms with E-state index in [1.807, 2.05) is 37.3 Å². The number of aryl methyl sites for hydroxylation is 1. The zero-order valence-corrected chi connectivity index (χ0v) is 26.1. The van der Waals surface area contributed by atoms with Gasteiger partial charge >= 0.3 is 0 Å². The van der Waals surface area contributed by atoms with E-state index in [4.69, 9.17) is 37.7 Å². The number of benzene rings is 3. The molecule has 38 heavy (non-hydrogen) atoms. The van der Waals surface area contributed by atoms with Crippen LogP contribution in [0.5, 0.6) is 11.5 Å². The van der Waals surface area contributed by atoms with Crippen molar-refractivity contribution >= 4 is 78.8 Å². The fraction of sp³-hybridized carbons (Fsp3) is 0.250. The van der Waals surface area contributed by atoms with E-state index in [1.54, 1.807) is 24.4 Å². The molecule has 0 aliphatic carbocycles. The highest BCUT2D eigenvalue weighted by molar-refractivity contribution is 14.1. The number of hydrogen-bond acceptors (Lipinski definition) is 5. The summed E-state index contributed by atoms with van der Waals surface area (Å²) >= 11 is 18.0. The number of unbranched alkanes of at least 4 members (excludes halogenated alkanes) is 1. The van der Waals surface area contributed by atoms with Crippen LogP contribution in [0.15, 0.2) is 62.9 Å². The first-order valence-electron chi connectivity index (χ1n) is 12.1. The summed E-state index contributed by atoms with van der Waals surface area (Å²) in [5.74, 6) is 1.81. The third kappa shape index (κ3) is 6.89. The van der Waals surface area contributed by atoms with Crippen molar-refractivity contribution in [1.82, 2.24) is 9.66 Å². The summed E-state index contributed by atoms with van der Waals surface area (Å²) < 4.78 is 15.0. The Kier molecular flexibility index (Phi) is 10.1. The predicted octanol–water partition coefficient (Wildman–Crippen LogP) is 8.27. The third-order valence-corrected chi connectivity index (χ3v) is 7.55. The second kappa shape index (κ2) is 13.3. The first-order valence-corrected chi connectivity index (χ1v) is 14.7. The number of fused-ring (bicyclic) bond motifs is 1. The number of rotatable bonds is 10. The summed E-state index contributed by atoms with van der Waals surface area (Å²) in [7, 11) is 0. The van der Waals surface area contributed by atoms with Crippen LogP contribution in [0.2, 0.25) is 10.0 Å². The van der Waals surface area contributed by atoms with Gasteiger partial charge in [-0.3, -0.25) is 4.79 Å². The second-order valence-electron chi connectivity index (χ2n) is 8.44. The molecule has 6 nitrogen and oxygen atoms in total. The predicted molar refractivity (Wildman–Crippen MR) is 166 cm³/mol. The van der Waals surface area contributed by atoms with Gasteiger partial charge in [-0.1, -0.05) is 58.5 Å². The fourth-order valence-electron chi connectivity index (χ4n) is 3.79. The maximum absolute atomic E-state index is 13.4. The number of nitrogens with zero attached hydrogens (tertiary/aromatic N) is 3. The van der Waals surface area contributed by atoms with E-state index >= 15 is 0 Å². The summed E-state index contributed by atoms with van der Waals surface area (Å²) in [5.41, 5.74) is 2.02. The molecule has 0 amide bonds. The molecule has 0 N–H and O–H groups in total. The van der Waals surface area contributed by atoms with Crippen molar-refractivity contribution in [2.45, 2.75) is 39.7 Å². The van der Waals surface area contributed by atoms with Crippen LogP contribution in [-0.2, 0) is 13.0 Å². The molecule has 0 atom stereocenters. The minimum Gasteiger partial charge on any atom is -0.490 e. The molecule has 4 aromatic rings. The van der Waals surface area contributed by atoms with Crippen molar-refractivity contribution in [3.8, 4) is 11.5 Å². The number of halogens is 4. The average molecular weight is 729 g/mol. The SMILES string of the molecule is CCCCc1nc2ccc(Br)cc2c(=O)n1N=Cc1cc(I)c(OCc2ccc(Cl)cc2Cl)c(OCC)c1. The van der Waals surface area contributed by atoms with Crippen LogP contribution in [-0.4, -0.2) is 22.5 Å². The normalized spacial score (nSPS) is 11.4. The Labute approximate surface area is 253 Å². The van der Waals surface area contributed by atoms with Crippen molar-refractivity contribution in [3.05, 3.63) is 93.9 Å². The lowest BCUT2D eigenvalue weighted by atomic mass is 10.2. The molecule has 0 bridgehead atoms. The molecule has 0 unspecified atom stereocenters. The van der Waals surface area contributed by atoms with Gasteiger partial charge in [0.25, 0.3) is 5.56 Å². The lowest BCUT2D eigenvalue weighted by molar-refractivity contribution is 0.267. The van der Waals surface area contributed by atoms with Crippen molar-refractivity contribution < 1.29 is 9.47 Å². The van der Waals surface area contributed by atoms with Gasteiger partial charge in [0.05, 0.1) is 27.3 Å². The maximum Gasteiger partial charge on any atom is 0.282 e. The van der Waals surface area contributed by atoms with Gasteiger partial charge in [-0.2, -0.15) is 9.78 Å². The van der Waals surface area contributed by atoms with Gasteiger partial charge in [0.15, 0.2) is 11.5 Å². The zero-order chi connectivity index (χ0) is 27.2. The molecule has 0 radical (unpaired) electrons. The topological polar surface area (TPSA) is 65.7 Å². The van der Waals surface area contributed by atoms with Crippen LogP contribution in [0.3, 0.4) is 0 Å². The van der Waals surface area contributed by atoms with Gasteiger partial charge in [-0.05, 0) is 84.0 Å². The molecule has 10 heteroatoms. The van der Waals surface area contributed by atoms with Crippen LogP contribution in [0, 0.1) is 3.57 Å². The highest BCUT2D eigenvalue weighted by Gasteiger charge is 2.15. The fourth-order valence-corrected chi connectivity index (χ4v) is 5.39. The molecule has 0 spiro atoms. The number of ether oxygens (including phenoxy) is 2. The molecule has 1 heterocycles. The molecule has 3 aromatic carbocycles. The van der Waals surface area contributed by atoms with Gasteiger partial charge < -0.3 is 9.47 Å². The Bertz CT molecular complexity index is 1560. The minimum absolute atomic E-state index is 0.210. The first kappa shape index (κ1) is 28.9. The Morgan fingerprint density at radius 3 is 2.66 bits per heavy atom. The van der Waals surface area contributed by atoms with Crippen LogP contribution in [0.25, 0.3) is 10.9 Å². The number of aromatic nitrogens is 2. The average Bonchev–Trinajstić information content (AvgIpc) is 2.88. The molecule has 4 rings (SSSR count). The van der Waals surface area contributed by atoms with Crippen molar-refractivity contribution in [1.29, 1.82) is 0 Å². The van der Waals surface area contributed by atoms with Crippen LogP contribution in [0.1, 0.15) is 43.6 Å². The van der Waals surface area contributed by atoms with E-state index < -0.39 is 0 Å². The lowest BCUT2D eigenvalue weighted by Gasteiger charge is -2.15. The standard InChI is InChI=1S/C28H25BrCl2IN3O3/c1-3-5-6-26-34-24-10-8-19(29)13-21(24)28(36)35(26)33-15-17-11-23(32)27(25(12-17)37-4-2)38-16-18-7-9-20(30)14-22(18)31/h7-15H,3-6,16H2,1-2H3. The summed E-state index contributed by atoms with van der Waals surface area (Å²) in [4.78, 5) is 18.1. The minimum atomic E-state index is -0.210. The van der Waals surface area contributed by atoms with Crippen LogP contribution >= 0.6 is 61.7 Å². The molecule has 0 saturated heterocycles. The van der Waals surface area contributed by atoms with Gasteiger partial charge in [0.2, 0.25) is 0 Å². The summed E-state index contributed by atoms with van der Waals surface area (Å²) in [6.45, 7) is 4.73. The monoisotopic (exact) mass is 727 g/mol. The smallest absolute Gasteiger partial charge is 0.282 e. The van der Waals surface area contributed by atoms with Crippen molar-refractivity contribution in [2.75, 3.05) is 6.61 Å². The van der Waals surface area contributed by atoms with E-state index in [2.05, 4.69) is 50.5 Å².